The molecule has 1 fully saturated rings. The summed E-state index contributed by atoms with van der Waals surface area (Å²) in [6.45, 7) is 3.78. The third-order valence-corrected chi connectivity index (χ3v) is 5.78. The minimum Gasteiger partial charge on any atom is -0.367 e. The molecular weight excluding hydrogens is 410 g/mol. The average Bonchev–Trinajstić information content (AvgIpc) is 2.80. The quantitative estimate of drug-likeness (QED) is 0.639. The molecule has 31 heavy (non-hydrogen) atoms. The van der Waals surface area contributed by atoms with Crippen LogP contribution in [-0.2, 0) is 0 Å². The first-order chi connectivity index (χ1) is 15.0. The Morgan fingerprint density at radius 3 is 2.45 bits per heavy atom. The van der Waals surface area contributed by atoms with Gasteiger partial charge >= 0.3 is 0 Å². The molecule has 0 saturated carbocycles. The van der Waals surface area contributed by atoms with E-state index in [0.29, 0.717) is 16.3 Å². The van der Waals surface area contributed by atoms with E-state index in [9.17, 15) is 4.79 Å². The Morgan fingerprint density at radius 2 is 1.77 bits per heavy atom. The standard InChI is InChI=1S/C24H26ClN5O/c1-28-12-14-30(15-13-28)22-10-9-19(25)16-21(22)27-24(31)18-8-11-23(26-17-18)29(2)20-6-4-3-5-7-20/h3-11,16-17H,12-15H2,1-2H3,(H,27,31). The lowest BCUT2D eigenvalue weighted by Gasteiger charge is -2.35. The van der Waals surface area contributed by atoms with E-state index in [-0.39, 0.29) is 5.91 Å². The van der Waals surface area contributed by atoms with Crippen LogP contribution >= 0.6 is 11.6 Å². The van der Waals surface area contributed by atoms with Crippen molar-refractivity contribution in [2.45, 2.75) is 0 Å². The lowest BCUT2D eigenvalue weighted by atomic mass is 10.2. The summed E-state index contributed by atoms with van der Waals surface area (Å²) in [5.41, 5.74) is 3.23. The number of piperazine rings is 1. The van der Waals surface area contributed by atoms with Crippen molar-refractivity contribution in [3.63, 3.8) is 0 Å². The predicted octanol–water partition coefficient (Wildman–Crippen LogP) is 4.51. The zero-order valence-corrected chi connectivity index (χ0v) is 18.5. The monoisotopic (exact) mass is 435 g/mol. The average molecular weight is 436 g/mol. The van der Waals surface area contributed by atoms with Crippen LogP contribution in [0.5, 0.6) is 0 Å². The number of amides is 1. The van der Waals surface area contributed by atoms with Gasteiger partial charge in [-0.2, -0.15) is 0 Å². The highest BCUT2D eigenvalue weighted by Gasteiger charge is 2.19. The molecule has 0 unspecified atom stereocenters. The van der Waals surface area contributed by atoms with Gasteiger partial charge in [-0.1, -0.05) is 29.8 Å². The fourth-order valence-electron chi connectivity index (χ4n) is 3.63. The topological polar surface area (TPSA) is 51.7 Å². The van der Waals surface area contributed by atoms with Crippen LogP contribution in [0.4, 0.5) is 22.9 Å². The Balaban J connectivity index is 1.50. The number of nitrogens with zero attached hydrogens (tertiary/aromatic N) is 4. The second-order valence-corrected chi connectivity index (χ2v) is 8.14. The van der Waals surface area contributed by atoms with Gasteiger partial charge in [0.1, 0.15) is 5.82 Å². The smallest absolute Gasteiger partial charge is 0.257 e. The maximum absolute atomic E-state index is 12.9. The zero-order chi connectivity index (χ0) is 21.8. The Labute approximate surface area is 188 Å². The van der Waals surface area contributed by atoms with Crippen LogP contribution in [-0.4, -0.2) is 56.1 Å². The van der Waals surface area contributed by atoms with Gasteiger partial charge in [0.2, 0.25) is 0 Å². The zero-order valence-electron chi connectivity index (χ0n) is 17.8. The number of benzene rings is 2. The first kappa shape index (κ1) is 21.2. The first-order valence-corrected chi connectivity index (χ1v) is 10.7. The third kappa shape index (κ3) is 4.98. The minimum atomic E-state index is -0.209. The summed E-state index contributed by atoms with van der Waals surface area (Å²) in [5.74, 6) is 0.558. The number of carbonyl (C=O) groups excluding carboxylic acids is 1. The normalized spacial score (nSPS) is 14.4. The molecule has 2 aromatic carbocycles. The maximum Gasteiger partial charge on any atom is 0.257 e. The number of rotatable bonds is 5. The summed E-state index contributed by atoms with van der Waals surface area (Å²) in [6, 6.07) is 19.2. The summed E-state index contributed by atoms with van der Waals surface area (Å²) >= 11 is 6.23. The molecule has 7 heteroatoms. The van der Waals surface area contributed by atoms with Gasteiger partial charge < -0.3 is 20.0 Å². The minimum absolute atomic E-state index is 0.209. The van der Waals surface area contributed by atoms with E-state index >= 15 is 0 Å². The molecule has 1 saturated heterocycles. The summed E-state index contributed by atoms with van der Waals surface area (Å²) < 4.78 is 0. The first-order valence-electron chi connectivity index (χ1n) is 10.3. The maximum atomic E-state index is 12.9. The Bertz CT molecular complexity index is 1030. The van der Waals surface area contributed by atoms with Gasteiger partial charge in [-0.25, -0.2) is 4.98 Å². The van der Waals surface area contributed by atoms with Crippen molar-refractivity contribution in [3.8, 4) is 0 Å². The van der Waals surface area contributed by atoms with Crippen molar-refractivity contribution in [1.29, 1.82) is 0 Å². The molecular formula is C24H26ClN5O. The van der Waals surface area contributed by atoms with Gasteiger partial charge in [0.25, 0.3) is 5.91 Å². The van der Waals surface area contributed by atoms with Crippen molar-refractivity contribution in [2.75, 3.05) is 55.4 Å². The highest BCUT2D eigenvalue weighted by atomic mass is 35.5. The molecule has 1 amide bonds. The third-order valence-electron chi connectivity index (χ3n) is 5.55. The van der Waals surface area contributed by atoms with Crippen LogP contribution in [0.2, 0.25) is 5.02 Å². The Morgan fingerprint density at radius 1 is 1.03 bits per heavy atom. The van der Waals surface area contributed by atoms with E-state index in [1.807, 2.05) is 60.5 Å². The van der Waals surface area contributed by atoms with Crippen LogP contribution in [0, 0.1) is 0 Å². The fourth-order valence-corrected chi connectivity index (χ4v) is 3.80. The Hall–Kier alpha value is -3.09. The molecule has 1 aliphatic rings. The van der Waals surface area contributed by atoms with Gasteiger partial charge in [-0.05, 0) is 49.5 Å². The number of hydrogen-bond donors (Lipinski definition) is 1. The highest BCUT2D eigenvalue weighted by Crippen LogP contribution is 2.30. The molecule has 2 heterocycles. The van der Waals surface area contributed by atoms with Crippen LogP contribution in [0.25, 0.3) is 0 Å². The molecule has 0 bridgehead atoms. The molecule has 1 aromatic heterocycles. The molecule has 4 rings (SSSR count). The lowest BCUT2D eigenvalue weighted by molar-refractivity contribution is 0.102. The summed E-state index contributed by atoms with van der Waals surface area (Å²) in [6.07, 6.45) is 1.60. The van der Waals surface area contributed by atoms with Gasteiger partial charge in [-0.3, -0.25) is 4.79 Å². The molecule has 0 atom stereocenters. The van der Waals surface area contributed by atoms with Crippen molar-refractivity contribution >= 4 is 40.4 Å². The number of halogens is 1. The van der Waals surface area contributed by atoms with Crippen LogP contribution in [0.15, 0.2) is 66.9 Å². The highest BCUT2D eigenvalue weighted by molar-refractivity contribution is 6.31. The number of hydrogen-bond acceptors (Lipinski definition) is 5. The molecule has 0 aliphatic carbocycles. The van der Waals surface area contributed by atoms with Gasteiger partial charge in [-0.15, -0.1) is 0 Å². The van der Waals surface area contributed by atoms with Crippen molar-refractivity contribution in [2.24, 2.45) is 0 Å². The summed E-state index contributed by atoms with van der Waals surface area (Å²) in [4.78, 5) is 24.0. The Kier molecular flexibility index (Phi) is 6.39. The van der Waals surface area contributed by atoms with Gasteiger partial charge in [0.05, 0.1) is 16.9 Å². The predicted molar refractivity (Wildman–Crippen MR) is 128 cm³/mol. The van der Waals surface area contributed by atoms with E-state index in [2.05, 4.69) is 27.1 Å². The number of anilines is 4. The number of likely N-dealkylation sites (N-methyl/N-ethyl adjacent to an activating group) is 1. The lowest BCUT2D eigenvalue weighted by Crippen LogP contribution is -2.44. The molecule has 160 valence electrons. The second-order valence-electron chi connectivity index (χ2n) is 7.71. The van der Waals surface area contributed by atoms with Gasteiger partial charge in [0, 0.05) is 50.1 Å². The summed E-state index contributed by atoms with van der Waals surface area (Å²) in [7, 11) is 4.07. The largest absolute Gasteiger partial charge is 0.367 e. The molecule has 6 nitrogen and oxygen atoms in total. The second kappa shape index (κ2) is 9.37. The molecule has 0 spiro atoms. The number of aromatic nitrogens is 1. The SMILES string of the molecule is CN1CCN(c2ccc(Cl)cc2NC(=O)c2ccc(N(C)c3ccccc3)nc2)CC1. The molecule has 1 aliphatic heterocycles. The van der Waals surface area contributed by atoms with Crippen molar-refractivity contribution < 1.29 is 4.79 Å². The van der Waals surface area contributed by atoms with Gasteiger partial charge in [0.15, 0.2) is 0 Å². The number of pyridine rings is 1. The van der Waals surface area contributed by atoms with Crippen LogP contribution in [0.1, 0.15) is 10.4 Å². The van der Waals surface area contributed by atoms with Crippen molar-refractivity contribution in [3.05, 3.63) is 77.4 Å². The van der Waals surface area contributed by atoms with E-state index in [1.54, 1.807) is 18.3 Å². The van der Waals surface area contributed by atoms with Crippen molar-refractivity contribution in [1.82, 2.24) is 9.88 Å². The summed E-state index contributed by atoms with van der Waals surface area (Å²) in [5, 5.41) is 3.61. The number of para-hydroxylation sites is 1. The number of nitrogens with one attached hydrogen (secondary N) is 1. The number of carbonyl (C=O) groups is 1. The van der Waals surface area contributed by atoms with E-state index in [0.717, 1.165) is 43.4 Å². The molecule has 3 aromatic rings. The van der Waals surface area contributed by atoms with E-state index in [4.69, 9.17) is 11.6 Å². The van der Waals surface area contributed by atoms with E-state index < -0.39 is 0 Å². The van der Waals surface area contributed by atoms with Crippen LogP contribution < -0.4 is 15.1 Å². The van der Waals surface area contributed by atoms with E-state index in [1.165, 1.54) is 0 Å². The fraction of sp³-hybridized carbons (Fsp3) is 0.250. The van der Waals surface area contributed by atoms with Crippen LogP contribution in [0.3, 0.4) is 0 Å². The molecule has 0 radical (unpaired) electrons. The molecule has 1 N–H and O–H groups in total.